The van der Waals surface area contributed by atoms with Crippen LogP contribution in [0.15, 0.2) is 36.5 Å². The van der Waals surface area contributed by atoms with Gasteiger partial charge in [-0.2, -0.15) is 9.61 Å². The molecule has 156 valence electrons. The van der Waals surface area contributed by atoms with Gasteiger partial charge in [-0.05, 0) is 38.7 Å². The van der Waals surface area contributed by atoms with Crippen LogP contribution in [0.4, 0.5) is 10.6 Å². The van der Waals surface area contributed by atoms with Crippen LogP contribution in [0.3, 0.4) is 0 Å². The third kappa shape index (κ3) is 5.24. The maximum absolute atomic E-state index is 12.2. The Hall–Kier alpha value is -2.74. The van der Waals surface area contributed by atoms with Gasteiger partial charge in [-0.3, -0.25) is 0 Å². The number of anilines is 1. The summed E-state index contributed by atoms with van der Waals surface area (Å²) in [4.78, 5) is 18.5. The number of benzene rings is 1. The second-order valence-corrected chi connectivity index (χ2v) is 8.63. The lowest BCUT2D eigenvalue weighted by atomic mass is 10.0. The molecular weight excluding hydrogens is 399 g/mol. The third-order valence-corrected chi connectivity index (χ3v) is 4.78. The van der Waals surface area contributed by atoms with Crippen molar-refractivity contribution in [2.75, 3.05) is 25.5 Å². The summed E-state index contributed by atoms with van der Waals surface area (Å²) in [6.45, 7) is 7.14. The van der Waals surface area contributed by atoms with Crippen molar-refractivity contribution in [2.24, 2.45) is 0 Å². The lowest BCUT2D eigenvalue weighted by molar-refractivity contribution is 0.199. The van der Waals surface area contributed by atoms with E-state index in [0.29, 0.717) is 34.9 Å². The molecule has 0 unspecified atom stereocenters. The third-order valence-electron chi connectivity index (χ3n) is 4.45. The van der Waals surface area contributed by atoms with Crippen LogP contribution in [0, 0.1) is 0 Å². The molecular formula is C21H26BClN6O. The van der Waals surface area contributed by atoms with Crippen LogP contribution in [0.1, 0.15) is 27.2 Å². The molecule has 0 aliphatic carbocycles. The summed E-state index contributed by atoms with van der Waals surface area (Å²) in [5.41, 5.74) is 2.33. The van der Waals surface area contributed by atoms with Gasteiger partial charge in [0.25, 0.3) is 0 Å². The Balaban J connectivity index is 1.72. The number of carbonyl (C=O) groups excluding carboxylic acids is 1. The van der Waals surface area contributed by atoms with Crippen LogP contribution >= 0.6 is 11.6 Å². The number of nitrogens with zero attached hydrogens (tertiary/aromatic N) is 4. The van der Waals surface area contributed by atoms with E-state index in [4.69, 9.17) is 19.4 Å². The minimum absolute atomic E-state index is 0.0883. The van der Waals surface area contributed by atoms with E-state index in [1.54, 1.807) is 22.7 Å². The first kappa shape index (κ1) is 22.0. The number of halogens is 1. The molecule has 0 fully saturated rings. The lowest BCUT2D eigenvalue weighted by Crippen LogP contribution is -2.47. The van der Waals surface area contributed by atoms with E-state index in [1.165, 1.54) is 0 Å². The highest BCUT2D eigenvalue weighted by Gasteiger charge is 2.17. The number of hydrogen-bond donors (Lipinski definition) is 2. The van der Waals surface area contributed by atoms with Crippen LogP contribution in [-0.2, 0) is 0 Å². The highest BCUT2D eigenvalue weighted by Crippen LogP contribution is 2.28. The van der Waals surface area contributed by atoms with Crippen molar-refractivity contribution in [1.29, 1.82) is 0 Å². The molecule has 0 saturated carbocycles. The van der Waals surface area contributed by atoms with Crippen molar-refractivity contribution in [1.82, 2.24) is 24.8 Å². The molecule has 0 aliphatic heterocycles. The van der Waals surface area contributed by atoms with Crippen LogP contribution in [0.2, 0.25) is 5.02 Å². The lowest BCUT2D eigenvalue weighted by Gasteiger charge is -2.25. The molecule has 2 N–H and O–H groups in total. The Labute approximate surface area is 183 Å². The molecule has 2 heterocycles. The zero-order valence-electron chi connectivity index (χ0n) is 17.7. The molecule has 9 heteroatoms. The van der Waals surface area contributed by atoms with Crippen LogP contribution in [0.5, 0.6) is 0 Å². The second-order valence-electron chi connectivity index (χ2n) is 8.22. The zero-order valence-corrected chi connectivity index (χ0v) is 18.5. The molecule has 2 aromatic heterocycles. The smallest absolute Gasteiger partial charge is 0.317 e. The molecule has 0 saturated heterocycles. The maximum atomic E-state index is 12.2. The molecule has 0 aliphatic rings. The average molecular weight is 425 g/mol. The Morgan fingerprint density at radius 1 is 1.30 bits per heavy atom. The molecule has 1 aromatic carbocycles. The number of fused-ring (bicyclic) bond motifs is 1. The summed E-state index contributed by atoms with van der Waals surface area (Å²) in [5, 5.41) is 11.3. The monoisotopic (exact) mass is 424 g/mol. The summed E-state index contributed by atoms with van der Waals surface area (Å²) in [6.07, 6.45) is 2.34. The highest BCUT2D eigenvalue weighted by atomic mass is 35.5. The number of carbonyl (C=O) groups is 1. The largest absolute Gasteiger partial charge is 0.370 e. The van der Waals surface area contributed by atoms with Crippen molar-refractivity contribution in [2.45, 2.75) is 32.7 Å². The molecule has 2 amide bonds. The van der Waals surface area contributed by atoms with Crippen LogP contribution in [0.25, 0.3) is 16.9 Å². The molecule has 0 atom stereocenters. The van der Waals surface area contributed by atoms with E-state index >= 15 is 0 Å². The first-order chi connectivity index (χ1) is 14.2. The first-order valence-corrected chi connectivity index (χ1v) is 10.2. The molecule has 0 bridgehead atoms. The maximum Gasteiger partial charge on any atom is 0.317 e. The number of urea groups is 1. The first-order valence-electron chi connectivity index (χ1n) is 9.82. The van der Waals surface area contributed by atoms with Crippen LogP contribution < -0.4 is 16.1 Å². The number of amides is 2. The minimum atomic E-state index is -0.263. The van der Waals surface area contributed by atoms with Gasteiger partial charge in [0.2, 0.25) is 0 Å². The molecule has 30 heavy (non-hydrogen) atoms. The molecule has 3 rings (SSSR count). The highest BCUT2D eigenvalue weighted by molar-refractivity contribution is 6.36. The summed E-state index contributed by atoms with van der Waals surface area (Å²) in [7, 11) is 7.84. The van der Waals surface area contributed by atoms with Gasteiger partial charge < -0.3 is 15.5 Å². The van der Waals surface area contributed by atoms with E-state index in [9.17, 15) is 4.79 Å². The summed E-state index contributed by atoms with van der Waals surface area (Å²) < 4.78 is 1.67. The topological polar surface area (TPSA) is 74.6 Å². The quantitative estimate of drug-likeness (QED) is 0.471. The van der Waals surface area contributed by atoms with Crippen LogP contribution in [-0.4, -0.2) is 59.1 Å². The normalized spacial score (nSPS) is 11.5. The fourth-order valence-corrected chi connectivity index (χ4v) is 3.20. The SMILES string of the molecule is [B]c1cnn2c(NCCCN(C)C(=O)NC(C)(C)C)cc(-c3ccccc3Cl)nc12. The van der Waals surface area contributed by atoms with Crippen molar-refractivity contribution < 1.29 is 4.79 Å². The fraction of sp³-hybridized carbons (Fsp3) is 0.381. The van der Waals surface area contributed by atoms with Gasteiger partial charge in [-0.1, -0.05) is 29.8 Å². The number of rotatable bonds is 6. The minimum Gasteiger partial charge on any atom is -0.370 e. The predicted octanol–water partition coefficient (Wildman–Crippen LogP) is 3.09. The van der Waals surface area contributed by atoms with E-state index in [-0.39, 0.29) is 11.6 Å². The summed E-state index contributed by atoms with van der Waals surface area (Å²) in [5.74, 6) is 0.758. The van der Waals surface area contributed by atoms with Gasteiger partial charge in [-0.25, -0.2) is 9.78 Å². The van der Waals surface area contributed by atoms with Crippen molar-refractivity contribution >= 4 is 42.4 Å². The van der Waals surface area contributed by atoms with Crippen molar-refractivity contribution in [3.05, 3.63) is 41.6 Å². The van der Waals surface area contributed by atoms with Gasteiger partial charge in [0, 0.05) is 48.5 Å². The molecule has 7 nitrogen and oxygen atoms in total. The fourth-order valence-electron chi connectivity index (χ4n) is 2.96. The Morgan fingerprint density at radius 3 is 2.73 bits per heavy atom. The summed E-state index contributed by atoms with van der Waals surface area (Å²) in [6, 6.07) is 9.35. The molecule has 2 radical (unpaired) electrons. The second kappa shape index (κ2) is 8.96. The standard InChI is InChI=1S/C21H26BClN6O/c1-21(2,3)27-20(30)28(4)11-7-10-24-18-12-17(14-8-5-6-9-16(14)23)26-19-15(22)13-25-29(18)19/h5-6,8-9,12-13,24H,7,10-11H2,1-4H3,(H,27,30). The van der Waals surface area contributed by atoms with E-state index in [2.05, 4.69) is 20.7 Å². The van der Waals surface area contributed by atoms with Gasteiger partial charge in [0.05, 0.1) is 5.69 Å². The van der Waals surface area contributed by atoms with E-state index in [0.717, 1.165) is 17.8 Å². The van der Waals surface area contributed by atoms with Gasteiger partial charge >= 0.3 is 6.03 Å². The molecule has 0 spiro atoms. The predicted molar refractivity (Wildman–Crippen MR) is 123 cm³/mol. The Bertz CT molecular complexity index is 1050. The van der Waals surface area contributed by atoms with E-state index < -0.39 is 0 Å². The molecule has 3 aromatic rings. The van der Waals surface area contributed by atoms with Crippen molar-refractivity contribution in [3.63, 3.8) is 0 Å². The number of nitrogens with one attached hydrogen (secondary N) is 2. The number of aromatic nitrogens is 3. The zero-order chi connectivity index (χ0) is 21.9. The van der Waals surface area contributed by atoms with E-state index in [1.807, 2.05) is 51.1 Å². The van der Waals surface area contributed by atoms with Gasteiger partial charge in [0.1, 0.15) is 13.7 Å². The van der Waals surface area contributed by atoms with Crippen molar-refractivity contribution in [3.8, 4) is 11.3 Å². The average Bonchev–Trinajstić information content (AvgIpc) is 3.05. The van der Waals surface area contributed by atoms with Gasteiger partial charge in [0.15, 0.2) is 5.65 Å². The Kier molecular flexibility index (Phi) is 6.56. The van der Waals surface area contributed by atoms with Gasteiger partial charge in [-0.15, -0.1) is 0 Å². The number of hydrogen-bond acceptors (Lipinski definition) is 4. The summed E-state index contributed by atoms with van der Waals surface area (Å²) >= 11 is 6.36. The Morgan fingerprint density at radius 2 is 2.03 bits per heavy atom.